The lowest BCUT2D eigenvalue weighted by molar-refractivity contribution is -0.137. The summed E-state index contributed by atoms with van der Waals surface area (Å²) in [4.78, 5) is 10.4. The van der Waals surface area contributed by atoms with E-state index in [1.165, 1.54) is 7.05 Å². The topological polar surface area (TPSA) is 116 Å². The lowest BCUT2D eigenvalue weighted by Crippen LogP contribution is -2.49. The summed E-state index contributed by atoms with van der Waals surface area (Å²) in [5, 5.41) is 18.6. The number of aliphatic hydroxyl groups is 1. The Labute approximate surface area is 112 Å². The van der Waals surface area contributed by atoms with Gasteiger partial charge >= 0.3 is 5.97 Å². The molecule has 0 unspecified atom stereocenters. The summed E-state index contributed by atoms with van der Waals surface area (Å²) in [7, 11) is -2.48. The predicted octanol–water partition coefficient (Wildman–Crippen LogP) is -1.23. The maximum absolute atomic E-state index is 11.8. The Morgan fingerprint density at radius 2 is 2.00 bits per heavy atom. The third-order valence-corrected chi connectivity index (χ3v) is 4.57. The molecule has 9 heteroatoms. The Balaban J connectivity index is 2.47. The fourth-order valence-corrected chi connectivity index (χ4v) is 2.64. The van der Waals surface area contributed by atoms with Gasteiger partial charge in [0.15, 0.2) is 0 Å². The highest BCUT2D eigenvalue weighted by atomic mass is 32.2. The van der Waals surface area contributed by atoms with E-state index in [0.29, 0.717) is 26.1 Å². The third-order valence-electron chi connectivity index (χ3n) is 3.06. The first-order valence-electron chi connectivity index (χ1n) is 5.98. The molecular formula is C10H20N2O6S. The van der Waals surface area contributed by atoms with Gasteiger partial charge in [-0.15, -0.1) is 0 Å². The van der Waals surface area contributed by atoms with Gasteiger partial charge in [-0.3, -0.25) is 4.79 Å². The van der Waals surface area contributed by atoms with E-state index < -0.39 is 21.8 Å². The second-order valence-corrected chi connectivity index (χ2v) is 6.49. The molecule has 8 nitrogen and oxygen atoms in total. The van der Waals surface area contributed by atoms with Crippen molar-refractivity contribution >= 4 is 16.2 Å². The highest BCUT2D eigenvalue weighted by Gasteiger charge is 2.32. The molecule has 1 fully saturated rings. The van der Waals surface area contributed by atoms with Gasteiger partial charge in [-0.25, -0.2) is 0 Å². The molecule has 3 N–H and O–H groups in total. The van der Waals surface area contributed by atoms with E-state index >= 15 is 0 Å². The van der Waals surface area contributed by atoms with Gasteiger partial charge in [0.2, 0.25) is 0 Å². The quantitative estimate of drug-likeness (QED) is 0.541. The van der Waals surface area contributed by atoms with Crippen LogP contribution in [0.4, 0.5) is 0 Å². The maximum Gasteiger partial charge on any atom is 0.304 e. The van der Waals surface area contributed by atoms with Crippen LogP contribution >= 0.6 is 0 Å². The highest BCUT2D eigenvalue weighted by molar-refractivity contribution is 7.87. The monoisotopic (exact) mass is 296 g/mol. The number of ether oxygens (including phenoxy) is 1. The van der Waals surface area contributed by atoms with E-state index in [9.17, 15) is 18.3 Å². The number of carboxylic acid groups (broad SMARTS) is 1. The fourth-order valence-electron chi connectivity index (χ4n) is 1.64. The summed E-state index contributed by atoms with van der Waals surface area (Å²) in [6.07, 6.45) is 0.470. The molecule has 112 valence electrons. The van der Waals surface area contributed by atoms with Gasteiger partial charge in [0.25, 0.3) is 10.2 Å². The number of carboxylic acids is 1. The van der Waals surface area contributed by atoms with Crippen LogP contribution in [0.1, 0.15) is 19.3 Å². The van der Waals surface area contributed by atoms with E-state index in [2.05, 4.69) is 4.72 Å². The zero-order chi connectivity index (χ0) is 14.5. The number of nitrogens with one attached hydrogen (secondary N) is 1. The van der Waals surface area contributed by atoms with Crippen LogP contribution in [0.3, 0.4) is 0 Å². The van der Waals surface area contributed by atoms with Gasteiger partial charge in [-0.2, -0.15) is 17.4 Å². The average Bonchev–Trinajstić information content (AvgIpc) is 2.34. The standard InChI is InChI=1S/C10H20N2O6S/c1-12(5-2-9(13)14)19(16,17)11-8-10(15)3-6-18-7-4-10/h11,15H,2-8H2,1H3,(H,13,14). The minimum atomic E-state index is -3.77. The normalized spacial score (nSPS) is 19.5. The summed E-state index contributed by atoms with van der Waals surface area (Å²) in [5.74, 6) is -1.06. The van der Waals surface area contributed by atoms with Crippen molar-refractivity contribution < 1.29 is 28.2 Å². The minimum absolute atomic E-state index is 0.101. The largest absolute Gasteiger partial charge is 0.481 e. The molecule has 0 aromatic heterocycles. The first kappa shape index (κ1) is 16.3. The van der Waals surface area contributed by atoms with E-state index in [1.807, 2.05) is 0 Å². The summed E-state index contributed by atoms with van der Waals surface area (Å²) in [6, 6.07) is 0. The molecule has 0 aliphatic carbocycles. The molecular weight excluding hydrogens is 276 g/mol. The Morgan fingerprint density at radius 1 is 1.42 bits per heavy atom. The van der Waals surface area contributed by atoms with Crippen LogP contribution in [0, 0.1) is 0 Å². The molecule has 0 atom stereocenters. The van der Waals surface area contributed by atoms with Crippen molar-refractivity contribution in [3.05, 3.63) is 0 Å². The number of hydrogen-bond acceptors (Lipinski definition) is 5. The van der Waals surface area contributed by atoms with Crippen LogP contribution in [0.5, 0.6) is 0 Å². The van der Waals surface area contributed by atoms with E-state index in [-0.39, 0.29) is 19.5 Å². The van der Waals surface area contributed by atoms with Crippen molar-refractivity contribution in [1.82, 2.24) is 9.03 Å². The molecule has 0 bridgehead atoms. The third kappa shape index (κ3) is 5.41. The summed E-state index contributed by atoms with van der Waals surface area (Å²) in [5.41, 5.74) is -1.10. The lowest BCUT2D eigenvalue weighted by Gasteiger charge is -2.32. The second kappa shape index (κ2) is 6.62. The second-order valence-electron chi connectivity index (χ2n) is 4.63. The molecule has 1 aliphatic rings. The van der Waals surface area contributed by atoms with Crippen molar-refractivity contribution in [2.24, 2.45) is 0 Å². The zero-order valence-corrected chi connectivity index (χ0v) is 11.6. The molecule has 1 aliphatic heterocycles. The van der Waals surface area contributed by atoms with Crippen LogP contribution in [0.2, 0.25) is 0 Å². The van der Waals surface area contributed by atoms with Gasteiger partial charge in [0.1, 0.15) is 0 Å². The Morgan fingerprint density at radius 3 is 2.53 bits per heavy atom. The van der Waals surface area contributed by atoms with Crippen LogP contribution < -0.4 is 4.72 Å². The van der Waals surface area contributed by atoms with E-state index in [4.69, 9.17) is 9.84 Å². The lowest BCUT2D eigenvalue weighted by atomic mass is 9.95. The molecule has 1 saturated heterocycles. The van der Waals surface area contributed by atoms with Crippen molar-refractivity contribution in [1.29, 1.82) is 0 Å². The zero-order valence-electron chi connectivity index (χ0n) is 10.8. The number of hydrogen-bond donors (Lipinski definition) is 3. The highest BCUT2D eigenvalue weighted by Crippen LogP contribution is 2.19. The molecule has 0 aromatic carbocycles. The van der Waals surface area contributed by atoms with Crippen molar-refractivity contribution in [2.45, 2.75) is 24.9 Å². The van der Waals surface area contributed by atoms with Crippen molar-refractivity contribution in [3.63, 3.8) is 0 Å². The fraction of sp³-hybridized carbons (Fsp3) is 0.900. The average molecular weight is 296 g/mol. The minimum Gasteiger partial charge on any atom is -0.481 e. The number of aliphatic carboxylic acids is 1. The van der Waals surface area contributed by atoms with Crippen LogP contribution in [0.15, 0.2) is 0 Å². The van der Waals surface area contributed by atoms with Crippen LogP contribution in [0.25, 0.3) is 0 Å². The number of carbonyl (C=O) groups is 1. The summed E-state index contributed by atoms with van der Waals surface area (Å²) >= 11 is 0. The first-order chi connectivity index (χ1) is 8.75. The van der Waals surface area contributed by atoms with Gasteiger partial charge in [-0.1, -0.05) is 0 Å². The number of rotatable bonds is 7. The molecule has 0 spiro atoms. The predicted molar refractivity (Wildman–Crippen MR) is 66.8 cm³/mol. The Bertz CT molecular complexity index is 404. The van der Waals surface area contributed by atoms with Crippen molar-refractivity contribution in [2.75, 3.05) is 33.4 Å². The maximum atomic E-state index is 11.8. The molecule has 1 rings (SSSR count). The summed E-state index contributed by atoms with van der Waals surface area (Å²) in [6.45, 7) is 0.572. The summed E-state index contributed by atoms with van der Waals surface area (Å²) < 4.78 is 31.9. The van der Waals surface area contributed by atoms with E-state index in [0.717, 1.165) is 4.31 Å². The molecule has 0 amide bonds. The molecule has 1 heterocycles. The SMILES string of the molecule is CN(CCC(=O)O)S(=O)(=O)NCC1(O)CCOCC1. The molecule has 19 heavy (non-hydrogen) atoms. The van der Waals surface area contributed by atoms with Gasteiger partial charge in [0, 0.05) is 46.2 Å². The van der Waals surface area contributed by atoms with Gasteiger partial charge in [0.05, 0.1) is 12.0 Å². The molecule has 0 radical (unpaired) electrons. The van der Waals surface area contributed by atoms with Crippen LogP contribution in [-0.4, -0.2) is 67.9 Å². The van der Waals surface area contributed by atoms with Crippen molar-refractivity contribution in [3.8, 4) is 0 Å². The van der Waals surface area contributed by atoms with Gasteiger partial charge < -0.3 is 14.9 Å². The van der Waals surface area contributed by atoms with Gasteiger partial charge in [-0.05, 0) is 0 Å². The molecule has 0 saturated carbocycles. The number of nitrogens with zero attached hydrogens (tertiary/aromatic N) is 1. The smallest absolute Gasteiger partial charge is 0.304 e. The Kier molecular flexibility index (Phi) is 5.68. The Hall–Kier alpha value is -0.740. The van der Waals surface area contributed by atoms with E-state index in [1.54, 1.807) is 0 Å². The first-order valence-corrected chi connectivity index (χ1v) is 7.42. The van der Waals surface area contributed by atoms with Crippen LogP contribution in [-0.2, 0) is 19.7 Å². The molecule has 0 aromatic rings.